The van der Waals surface area contributed by atoms with Crippen LogP contribution in [0.5, 0.6) is 0 Å². The number of hydrogen-bond acceptors (Lipinski definition) is 5. The van der Waals surface area contributed by atoms with E-state index >= 15 is 0 Å². The van der Waals surface area contributed by atoms with Gasteiger partial charge in [0.1, 0.15) is 0 Å². The number of rotatable bonds is 6. The molecule has 1 aromatic heterocycles. The Morgan fingerprint density at radius 1 is 1.32 bits per heavy atom. The SMILES string of the molecule is Cc1cc(NC(=O)C(C)N2CCN(CCC(C)C)CC2)on1. The molecule has 1 aliphatic heterocycles. The smallest absolute Gasteiger partial charge is 0.243 e. The van der Waals surface area contributed by atoms with E-state index in [-0.39, 0.29) is 11.9 Å². The zero-order valence-corrected chi connectivity index (χ0v) is 14.1. The number of carbonyl (C=O) groups is 1. The molecule has 0 aliphatic carbocycles. The highest BCUT2D eigenvalue weighted by Crippen LogP contribution is 2.12. The van der Waals surface area contributed by atoms with Crippen molar-refractivity contribution in [1.29, 1.82) is 0 Å². The van der Waals surface area contributed by atoms with Crippen LogP contribution in [0.4, 0.5) is 5.88 Å². The Hall–Kier alpha value is -1.40. The zero-order valence-electron chi connectivity index (χ0n) is 14.1. The first kappa shape index (κ1) is 17.0. The van der Waals surface area contributed by atoms with Crippen LogP contribution in [-0.2, 0) is 4.79 Å². The summed E-state index contributed by atoms with van der Waals surface area (Å²) in [5.41, 5.74) is 0.765. The van der Waals surface area contributed by atoms with E-state index in [0.29, 0.717) is 5.88 Å². The molecule has 1 aromatic rings. The van der Waals surface area contributed by atoms with Gasteiger partial charge in [0.15, 0.2) is 0 Å². The van der Waals surface area contributed by atoms with Gasteiger partial charge in [-0.1, -0.05) is 19.0 Å². The fraction of sp³-hybridized carbons (Fsp3) is 0.750. The lowest BCUT2D eigenvalue weighted by molar-refractivity contribution is -0.121. The summed E-state index contributed by atoms with van der Waals surface area (Å²) in [4.78, 5) is 17.0. The predicted octanol–water partition coefficient (Wildman–Crippen LogP) is 1.97. The Bertz CT molecular complexity index is 478. The minimum Gasteiger partial charge on any atom is -0.338 e. The molecule has 2 rings (SSSR count). The van der Waals surface area contributed by atoms with Gasteiger partial charge >= 0.3 is 0 Å². The maximum absolute atomic E-state index is 12.3. The van der Waals surface area contributed by atoms with Gasteiger partial charge in [0.25, 0.3) is 0 Å². The summed E-state index contributed by atoms with van der Waals surface area (Å²) < 4.78 is 5.04. The van der Waals surface area contributed by atoms with Crippen LogP contribution >= 0.6 is 0 Å². The van der Waals surface area contributed by atoms with Crippen LogP contribution in [0.2, 0.25) is 0 Å². The molecule has 22 heavy (non-hydrogen) atoms. The van der Waals surface area contributed by atoms with E-state index in [1.54, 1.807) is 6.07 Å². The van der Waals surface area contributed by atoms with Crippen molar-refractivity contribution in [2.45, 2.75) is 40.2 Å². The third-order valence-corrected chi connectivity index (χ3v) is 4.23. The molecule has 2 heterocycles. The Kier molecular flexibility index (Phi) is 5.97. The van der Waals surface area contributed by atoms with Crippen LogP contribution in [0.15, 0.2) is 10.6 Å². The molecule has 0 spiro atoms. The van der Waals surface area contributed by atoms with E-state index in [1.807, 2.05) is 13.8 Å². The standard InChI is InChI=1S/C16H28N4O2/c1-12(2)5-6-19-7-9-20(10-8-19)14(4)16(21)17-15-11-13(3)18-22-15/h11-12,14H,5-10H2,1-4H3,(H,17,21). The molecule has 0 aromatic carbocycles. The number of aryl methyl sites for hydroxylation is 1. The summed E-state index contributed by atoms with van der Waals surface area (Å²) in [7, 11) is 0. The lowest BCUT2D eigenvalue weighted by Crippen LogP contribution is -2.52. The average Bonchev–Trinajstić information content (AvgIpc) is 2.90. The molecule has 1 N–H and O–H groups in total. The summed E-state index contributed by atoms with van der Waals surface area (Å²) in [5.74, 6) is 1.13. The van der Waals surface area contributed by atoms with E-state index < -0.39 is 0 Å². The Morgan fingerprint density at radius 2 is 2.00 bits per heavy atom. The van der Waals surface area contributed by atoms with Crippen LogP contribution in [-0.4, -0.2) is 59.6 Å². The summed E-state index contributed by atoms with van der Waals surface area (Å²) in [5, 5.41) is 6.56. The second-order valence-corrected chi connectivity index (χ2v) is 6.56. The maximum Gasteiger partial charge on any atom is 0.243 e. The quantitative estimate of drug-likeness (QED) is 0.870. The first-order valence-corrected chi connectivity index (χ1v) is 8.16. The van der Waals surface area contributed by atoms with E-state index in [4.69, 9.17) is 4.52 Å². The topological polar surface area (TPSA) is 61.6 Å². The van der Waals surface area contributed by atoms with Crippen LogP contribution < -0.4 is 5.32 Å². The second-order valence-electron chi connectivity index (χ2n) is 6.56. The largest absolute Gasteiger partial charge is 0.338 e. The predicted molar refractivity (Wildman–Crippen MR) is 86.8 cm³/mol. The van der Waals surface area contributed by atoms with Crippen molar-refractivity contribution in [2.75, 3.05) is 38.0 Å². The highest BCUT2D eigenvalue weighted by molar-refractivity contribution is 5.93. The number of carbonyl (C=O) groups excluding carboxylic acids is 1. The Morgan fingerprint density at radius 3 is 2.55 bits per heavy atom. The minimum absolute atomic E-state index is 0.0354. The van der Waals surface area contributed by atoms with Gasteiger partial charge in [-0.25, -0.2) is 0 Å². The van der Waals surface area contributed by atoms with Crippen molar-refractivity contribution in [3.05, 3.63) is 11.8 Å². The van der Waals surface area contributed by atoms with Crippen LogP contribution in [0.3, 0.4) is 0 Å². The number of nitrogens with zero attached hydrogens (tertiary/aromatic N) is 3. The number of nitrogens with one attached hydrogen (secondary N) is 1. The van der Waals surface area contributed by atoms with Gasteiger partial charge in [0.2, 0.25) is 11.8 Å². The van der Waals surface area contributed by atoms with Gasteiger partial charge in [0.05, 0.1) is 11.7 Å². The molecule has 1 saturated heterocycles. The van der Waals surface area contributed by atoms with Crippen molar-refractivity contribution in [2.24, 2.45) is 5.92 Å². The summed E-state index contributed by atoms with van der Waals surface area (Å²) >= 11 is 0. The number of aromatic nitrogens is 1. The van der Waals surface area contributed by atoms with Crippen molar-refractivity contribution in [3.8, 4) is 0 Å². The summed E-state index contributed by atoms with van der Waals surface area (Å²) in [6.45, 7) is 13.4. The molecule has 0 saturated carbocycles. The van der Waals surface area contributed by atoms with E-state index in [0.717, 1.165) is 44.3 Å². The van der Waals surface area contributed by atoms with Gasteiger partial charge in [-0.2, -0.15) is 0 Å². The third kappa shape index (κ3) is 4.81. The molecule has 6 heteroatoms. The van der Waals surface area contributed by atoms with Gasteiger partial charge in [-0.3, -0.25) is 15.0 Å². The first-order chi connectivity index (χ1) is 10.5. The molecule has 6 nitrogen and oxygen atoms in total. The number of anilines is 1. The monoisotopic (exact) mass is 308 g/mol. The fourth-order valence-corrected chi connectivity index (χ4v) is 2.63. The fourth-order valence-electron chi connectivity index (χ4n) is 2.63. The molecule has 0 radical (unpaired) electrons. The number of amides is 1. The lowest BCUT2D eigenvalue weighted by atomic mass is 10.1. The highest BCUT2D eigenvalue weighted by Gasteiger charge is 2.26. The lowest BCUT2D eigenvalue weighted by Gasteiger charge is -2.37. The van der Waals surface area contributed by atoms with Gasteiger partial charge in [-0.05, 0) is 32.7 Å². The van der Waals surface area contributed by atoms with Crippen molar-refractivity contribution < 1.29 is 9.32 Å². The Balaban J connectivity index is 1.76. The molecule has 1 unspecified atom stereocenters. The maximum atomic E-state index is 12.3. The van der Waals surface area contributed by atoms with Crippen molar-refractivity contribution in [3.63, 3.8) is 0 Å². The summed E-state index contributed by atoms with van der Waals surface area (Å²) in [6.07, 6.45) is 1.24. The third-order valence-electron chi connectivity index (χ3n) is 4.23. The molecule has 1 amide bonds. The summed E-state index contributed by atoms with van der Waals surface area (Å²) in [6, 6.07) is 1.58. The van der Waals surface area contributed by atoms with Crippen LogP contribution in [0.25, 0.3) is 0 Å². The van der Waals surface area contributed by atoms with E-state index in [2.05, 4.69) is 34.1 Å². The molecule has 1 atom stereocenters. The minimum atomic E-state index is -0.155. The molecule has 1 aliphatic rings. The molecular weight excluding hydrogens is 280 g/mol. The van der Waals surface area contributed by atoms with Crippen molar-refractivity contribution >= 4 is 11.8 Å². The molecule has 1 fully saturated rings. The average molecular weight is 308 g/mol. The normalized spacial score (nSPS) is 18.6. The van der Waals surface area contributed by atoms with Crippen LogP contribution in [0.1, 0.15) is 32.9 Å². The van der Waals surface area contributed by atoms with Crippen molar-refractivity contribution in [1.82, 2.24) is 15.0 Å². The second kappa shape index (κ2) is 7.74. The van der Waals surface area contributed by atoms with Crippen LogP contribution in [0, 0.1) is 12.8 Å². The van der Waals surface area contributed by atoms with Gasteiger partial charge in [0, 0.05) is 32.2 Å². The van der Waals surface area contributed by atoms with E-state index in [1.165, 1.54) is 6.42 Å². The van der Waals surface area contributed by atoms with Gasteiger partial charge in [-0.15, -0.1) is 0 Å². The molecule has 124 valence electrons. The van der Waals surface area contributed by atoms with E-state index in [9.17, 15) is 4.79 Å². The first-order valence-electron chi connectivity index (χ1n) is 8.16. The molecule has 0 bridgehead atoms. The highest BCUT2D eigenvalue weighted by atomic mass is 16.5. The zero-order chi connectivity index (χ0) is 16.1. The number of piperazine rings is 1. The van der Waals surface area contributed by atoms with Gasteiger partial charge < -0.3 is 9.42 Å². The Labute approximate surface area is 132 Å². The molecular formula is C16H28N4O2. The number of hydrogen-bond donors (Lipinski definition) is 1.